The first-order chi connectivity index (χ1) is 14.2. The second-order valence-corrected chi connectivity index (χ2v) is 7.33. The molecule has 3 aliphatic heterocycles. The molecule has 0 bridgehead atoms. The Morgan fingerprint density at radius 2 is 1.41 bits per heavy atom. The van der Waals surface area contributed by atoms with Crippen molar-refractivity contribution in [3.63, 3.8) is 0 Å². The molecule has 2 saturated heterocycles. The van der Waals surface area contributed by atoms with Crippen LogP contribution in [0.15, 0.2) is 66.9 Å². The van der Waals surface area contributed by atoms with Gasteiger partial charge < -0.3 is 23.8 Å². The van der Waals surface area contributed by atoms with Gasteiger partial charge in [0, 0.05) is 35.9 Å². The Kier molecular flexibility index (Phi) is 4.72. The number of nitrogens with zero attached hydrogens (tertiary/aromatic N) is 1. The minimum Gasteiger partial charge on any atom is -0.344 e. The number of hydrogen-bond donors (Lipinski definition) is 0. The van der Waals surface area contributed by atoms with Crippen molar-refractivity contribution in [2.75, 3.05) is 33.0 Å². The molecule has 150 valence electrons. The Bertz CT molecular complexity index is 897. The van der Waals surface area contributed by atoms with E-state index in [0.717, 1.165) is 11.1 Å². The summed E-state index contributed by atoms with van der Waals surface area (Å²) in [4.78, 5) is 14.6. The Labute approximate surface area is 169 Å². The summed E-state index contributed by atoms with van der Waals surface area (Å²) in [6.45, 7) is 2.79. The first-order valence-electron chi connectivity index (χ1n) is 9.93. The summed E-state index contributed by atoms with van der Waals surface area (Å²) in [7, 11) is 0. The average molecular weight is 393 g/mol. The fourth-order valence-electron chi connectivity index (χ4n) is 4.09. The molecule has 3 aliphatic rings. The van der Waals surface area contributed by atoms with Crippen LogP contribution in [0.1, 0.15) is 27.9 Å². The highest BCUT2D eigenvalue weighted by Gasteiger charge is 2.41. The molecule has 1 spiro atoms. The van der Waals surface area contributed by atoms with Gasteiger partial charge in [-0.3, -0.25) is 4.79 Å². The Morgan fingerprint density at radius 3 is 2.03 bits per heavy atom. The lowest BCUT2D eigenvalue weighted by Crippen LogP contribution is -2.40. The molecule has 0 aliphatic carbocycles. The van der Waals surface area contributed by atoms with Crippen LogP contribution in [0, 0.1) is 0 Å². The molecule has 2 aromatic rings. The number of carbonyl (C=O) groups excluding carboxylic acids is 1. The summed E-state index contributed by atoms with van der Waals surface area (Å²) < 4.78 is 23.4. The summed E-state index contributed by atoms with van der Waals surface area (Å²) >= 11 is 0. The fraction of sp³-hybridized carbons (Fsp3) is 0.348. The van der Waals surface area contributed by atoms with E-state index in [-0.39, 0.29) is 5.91 Å². The van der Waals surface area contributed by atoms with Gasteiger partial charge in [0.15, 0.2) is 5.79 Å². The lowest BCUT2D eigenvalue weighted by Gasteiger charge is -2.32. The van der Waals surface area contributed by atoms with Crippen LogP contribution in [0.25, 0.3) is 0 Å². The number of benzene rings is 2. The first kappa shape index (κ1) is 18.5. The second-order valence-electron chi connectivity index (χ2n) is 7.33. The molecule has 0 aromatic heterocycles. The van der Waals surface area contributed by atoms with E-state index in [1.807, 2.05) is 60.7 Å². The van der Waals surface area contributed by atoms with Crippen LogP contribution < -0.4 is 0 Å². The van der Waals surface area contributed by atoms with Gasteiger partial charge in [-0.1, -0.05) is 42.5 Å². The van der Waals surface area contributed by atoms with Crippen LogP contribution in [0.3, 0.4) is 0 Å². The molecule has 0 saturated carbocycles. The Hall–Kier alpha value is -2.51. The largest absolute Gasteiger partial charge is 0.344 e. The minimum atomic E-state index is -0.919. The standard InChI is InChI=1S/C23H23NO5/c25-21(24-12-10-22(11-13-24)26-14-15-27-22)18-6-8-20(9-7-18)23(28-16-17-29-23)19-4-2-1-3-5-19/h1-10,12H,11,13-17H2. The molecule has 5 rings (SSSR count). The monoisotopic (exact) mass is 393 g/mol. The van der Waals surface area contributed by atoms with E-state index in [0.29, 0.717) is 45.0 Å². The summed E-state index contributed by atoms with van der Waals surface area (Å²) in [5.41, 5.74) is 2.43. The topological polar surface area (TPSA) is 57.2 Å². The first-order valence-corrected chi connectivity index (χ1v) is 9.93. The molecule has 0 radical (unpaired) electrons. The van der Waals surface area contributed by atoms with Crippen molar-refractivity contribution in [3.05, 3.63) is 83.6 Å². The SMILES string of the molecule is O=C(c1ccc(C2(c3ccccc3)OCCO2)cc1)N1C=CC2(CC1)OCCO2. The van der Waals surface area contributed by atoms with Crippen LogP contribution in [0.5, 0.6) is 0 Å². The molecule has 2 aromatic carbocycles. The van der Waals surface area contributed by atoms with Gasteiger partial charge in [0.25, 0.3) is 5.91 Å². The van der Waals surface area contributed by atoms with E-state index < -0.39 is 11.6 Å². The third-order valence-corrected chi connectivity index (χ3v) is 5.61. The third-order valence-electron chi connectivity index (χ3n) is 5.61. The highest BCUT2D eigenvalue weighted by Crippen LogP contribution is 2.38. The van der Waals surface area contributed by atoms with E-state index in [2.05, 4.69) is 0 Å². The zero-order valence-electron chi connectivity index (χ0n) is 16.1. The summed E-state index contributed by atoms with van der Waals surface area (Å²) in [6, 6.07) is 17.3. The van der Waals surface area contributed by atoms with Crippen LogP contribution in [-0.4, -0.2) is 49.6 Å². The predicted octanol–water partition coefficient (Wildman–Crippen LogP) is 3.04. The Balaban J connectivity index is 1.37. The Morgan fingerprint density at radius 1 is 0.793 bits per heavy atom. The van der Waals surface area contributed by atoms with Crippen molar-refractivity contribution >= 4 is 5.91 Å². The van der Waals surface area contributed by atoms with Crippen LogP contribution in [-0.2, 0) is 24.7 Å². The summed E-state index contributed by atoms with van der Waals surface area (Å²) in [5.74, 6) is -1.63. The molecule has 1 amide bonds. The highest BCUT2D eigenvalue weighted by molar-refractivity contribution is 5.95. The highest BCUT2D eigenvalue weighted by atomic mass is 16.7. The van der Waals surface area contributed by atoms with Crippen LogP contribution in [0.4, 0.5) is 0 Å². The molecule has 6 heteroatoms. The maximum Gasteiger partial charge on any atom is 0.257 e. The van der Waals surface area contributed by atoms with E-state index in [4.69, 9.17) is 18.9 Å². The predicted molar refractivity (Wildman–Crippen MR) is 105 cm³/mol. The zero-order chi connectivity index (χ0) is 19.7. The summed E-state index contributed by atoms with van der Waals surface area (Å²) in [5, 5.41) is 0. The van der Waals surface area contributed by atoms with Crippen LogP contribution in [0.2, 0.25) is 0 Å². The maximum absolute atomic E-state index is 12.9. The van der Waals surface area contributed by atoms with Crippen molar-refractivity contribution in [1.29, 1.82) is 0 Å². The van der Waals surface area contributed by atoms with Crippen molar-refractivity contribution in [2.24, 2.45) is 0 Å². The van der Waals surface area contributed by atoms with Gasteiger partial charge >= 0.3 is 0 Å². The van der Waals surface area contributed by atoms with Crippen LogP contribution >= 0.6 is 0 Å². The molecule has 3 heterocycles. The van der Waals surface area contributed by atoms with Gasteiger partial charge in [0.2, 0.25) is 5.79 Å². The second kappa shape index (κ2) is 7.39. The van der Waals surface area contributed by atoms with Gasteiger partial charge in [-0.05, 0) is 18.2 Å². The molecule has 6 nitrogen and oxygen atoms in total. The van der Waals surface area contributed by atoms with Crippen molar-refractivity contribution in [2.45, 2.75) is 18.0 Å². The van der Waals surface area contributed by atoms with Crippen molar-refractivity contribution in [1.82, 2.24) is 4.90 Å². The van der Waals surface area contributed by atoms with E-state index in [1.165, 1.54) is 0 Å². The lowest BCUT2D eigenvalue weighted by molar-refractivity contribution is -0.130. The molecule has 29 heavy (non-hydrogen) atoms. The van der Waals surface area contributed by atoms with Gasteiger partial charge in [0.1, 0.15) is 0 Å². The average Bonchev–Trinajstić information content (AvgIpc) is 3.46. The minimum absolute atomic E-state index is 0.0531. The molecule has 2 fully saturated rings. The van der Waals surface area contributed by atoms with Gasteiger partial charge in [0.05, 0.1) is 26.4 Å². The number of amides is 1. The number of rotatable bonds is 3. The lowest BCUT2D eigenvalue weighted by atomic mass is 9.96. The fourth-order valence-corrected chi connectivity index (χ4v) is 4.09. The molecular formula is C23H23NO5. The van der Waals surface area contributed by atoms with Gasteiger partial charge in [-0.15, -0.1) is 0 Å². The number of ether oxygens (including phenoxy) is 4. The van der Waals surface area contributed by atoms with E-state index >= 15 is 0 Å². The van der Waals surface area contributed by atoms with Crippen molar-refractivity contribution in [3.8, 4) is 0 Å². The number of hydrogen-bond acceptors (Lipinski definition) is 5. The molecule has 0 atom stereocenters. The normalized spacial score (nSPS) is 22.3. The molecular weight excluding hydrogens is 370 g/mol. The van der Waals surface area contributed by atoms with Gasteiger partial charge in [-0.2, -0.15) is 0 Å². The smallest absolute Gasteiger partial charge is 0.257 e. The molecule has 0 unspecified atom stereocenters. The van der Waals surface area contributed by atoms with E-state index in [1.54, 1.807) is 11.1 Å². The zero-order valence-corrected chi connectivity index (χ0v) is 16.1. The third kappa shape index (κ3) is 3.28. The van der Waals surface area contributed by atoms with E-state index in [9.17, 15) is 4.79 Å². The number of carbonyl (C=O) groups is 1. The van der Waals surface area contributed by atoms with Crippen molar-refractivity contribution < 1.29 is 23.7 Å². The maximum atomic E-state index is 12.9. The summed E-state index contributed by atoms with van der Waals surface area (Å²) in [6.07, 6.45) is 4.23. The molecule has 0 N–H and O–H groups in total. The quantitative estimate of drug-likeness (QED) is 0.802. The van der Waals surface area contributed by atoms with Gasteiger partial charge in [-0.25, -0.2) is 0 Å².